The van der Waals surface area contributed by atoms with E-state index < -0.39 is 26.7 Å². The molecule has 4 rings (SSSR count). The molecule has 0 saturated carbocycles. The van der Waals surface area contributed by atoms with E-state index in [2.05, 4.69) is 9.88 Å². The molecule has 2 aromatic carbocycles. The number of nitrogens with zero attached hydrogens (tertiary/aromatic N) is 2. The van der Waals surface area contributed by atoms with Crippen molar-refractivity contribution in [2.24, 2.45) is 0 Å². The van der Waals surface area contributed by atoms with Gasteiger partial charge in [0.25, 0.3) is 0 Å². The molecule has 1 aliphatic rings. The summed E-state index contributed by atoms with van der Waals surface area (Å²) in [5.41, 5.74) is 2.48. The fraction of sp³-hybridized carbons (Fsp3) is 0.318. The average Bonchev–Trinajstić information content (AvgIpc) is 3.20. The van der Waals surface area contributed by atoms with Crippen molar-refractivity contribution in [3.63, 3.8) is 0 Å². The summed E-state index contributed by atoms with van der Waals surface area (Å²) >= 11 is 1.49. The number of sulfone groups is 1. The predicted octanol–water partition coefficient (Wildman–Crippen LogP) is 4.76. The van der Waals surface area contributed by atoms with E-state index in [4.69, 9.17) is 0 Å². The summed E-state index contributed by atoms with van der Waals surface area (Å²) in [5.74, 6) is -1.72. The summed E-state index contributed by atoms with van der Waals surface area (Å²) in [6.45, 7) is 3.17. The van der Waals surface area contributed by atoms with E-state index in [0.717, 1.165) is 22.5 Å². The van der Waals surface area contributed by atoms with Gasteiger partial charge in [-0.3, -0.25) is 0 Å². The molecule has 4 nitrogen and oxygen atoms in total. The number of thiazole rings is 1. The van der Waals surface area contributed by atoms with Crippen molar-refractivity contribution in [1.29, 1.82) is 0 Å². The maximum absolute atomic E-state index is 13.4. The van der Waals surface area contributed by atoms with Crippen LogP contribution in [0.15, 0.2) is 52.7 Å². The van der Waals surface area contributed by atoms with Crippen molar-refractivity contribution in [2.45, 2.75) is 36.3 Å². The standard InChI is InChI=1S/C22H22F2N2O2S2/c1-15-2-5-18(6-3-15)30(27,28)19-8-10-26(11-9-19)22-25-17(14-29-22)12-16-4-7-20(23)21(24)13-16/h2-7,13-14,19H,8-12H2,1H3. The van der Waals surface area contributed by atoms with Crippen LogP contribution in [0.3, 0.4) is 0 Å². The molecule has 8 heteroatoms. The third-order valence-electron chi connectivity index (χ3n) is 5.41. The Kier molecular flexibility index (Phi) is 5.88. The smallest absolute Gasteiger partial charge is 0.185 e. The van der Waals surface area contributed by atoms with Gasteiger partial charge in [-0.1, -0.05) is 23.8 Å². The van der Waals surface area contributed by atoms with Crippen molar-refractivity contribution >= 4 is 26.3 Å². The molecular formula is C22H22F2N2O2S2. The second-order valence-electron chi connectivity index (χ2n) is 7.59. The molecule has 0 aliphatic carbocycles. The molecule has 0 radical (unpaired) electrons. The molecule has 0 unspecified atom stereocenters. The summed E-state index contributed by atoms with van der Waals surface area (Å²) in [7, 11) is -3.34. The van der Waals surface area contributed by atoms with Gasteiger partial charge in [-0.2, -0.15) is 0 Å². The molecule has 2 heterocycles. The topological polar surface area (TPSA) is 50.3 Å². The number of hydrogen-bond acceptors (Lipinski definition) is 5. The highest BCUT2D eigenvalue weighted by molar-refractivity contribution is 7.92. The zero-order valence-electron chi connectivity index (χ0n) is 16.5. The Balaban J connectivity index is 1.40. The van der Waals surface area contributed by atoms with Crippen LogP contribution >= 0.6 is 11.3 Å². The minimum absolute atomic E-state index is 0.384. The highest BCUT2D eigenvalue weighted by Crippen LogP contribution is 2.29. The van der Waals surface area contributed by atoms with Gasteiger partial charge in [0, 0.05) is 24.9 Å². The first kappa shape index (κ1) is 20.9. The van der Waals surface area contributed by atoms with Crippen LogP contribution in [-0.2, 0) is 16.3 Å². The summed E-state index contributed by atoms with van der Waals surface area (Å²) in [6.07, 6.45) is 1.52. The number of benzene rings is 2. The maximum Gasteiger partial charge on any atom is 0.185 e. The Morgan fingerprint density at radius 2 is 1.77 bits per heavy atom. The minimum Gasteiger partial charge on any atom is -0.348 e. The van der Waals surface area contributed by atoms with Crippen LogP contribution in [0.2, 0.25) is 0 Å². The van der Waals surface area contributed by atoms with Gasteiger partial charge < -0.3 is 4.90 Å². The van der Waals surface area contributed by atoms with Gasteiger partial charge in [0.05, 0.1) is 15.8 Å². The van der Waals surface area contributed by atoms with E-state index in [1.54, 1.807) is 18.2 Å². The average molecular weight is 449 g/mol. The monoisotopic (exact) mass is 448 g/mol. The Bertz CT molecular complexity index is 1140. The first-order valence-corrected chi connectivity index (χ1v) is 12.2. The van der Waals surface area contributed by atoms with Crippen LogP contribution < -0.4 is 4.90 Å². The fourth-order valence-electron chi connectivity index (χ4n) is 3.66. The molecule has 30 heavy (non-hydrogen) atoms. The molecule has 0 amide bonds. The highest BCUT2D eigenvalue weighted by Gasteiger charge is 2.32. The molecule has 1 fully saturated rings. The number of halogens is 2. The van der Waals surface area contributed by atoms with Gasteiger partial charge in [0.1, 0.15) is 0 Å². The molecule has 0 spiro atoms. The molecule has 0 N–H and O–H groups in total. The highest BCUT2D eigenvalue weighted by atomic mass is 32.2. The van der Waals surface area contributed by atoms with Gasteiger partial charge in [0.15, 0.2) is 26.6 Å². The van der Waals surface area contributed by atoms with Crippen LogP contribution in [-0.4, -0.2) is 31.7 Å². The number of aromatic nitrogens is 1. The maximum atomic E-state index is 13.4. The number of rotatable bonds is 5. The zero-order valence-corrected chi connectivity index (χ0v) is 18.1. The summed E-state index contributed by atoms with van der Waals surface area (Å²) in [5, 5.41) is 2.35. The molecule has 3 aromatic rings. The molecule has 1 aromatic heterocycles. The van der Waals surface area contributed by atoms with Crippen LogP contribution in [0.4, 0.5) is 13.9 Å². The van der Waals surface area contributed by atoms with E-state index in [0.29, 0.717) is 42.8 Å². The molecule has 1 aliphatic heterocycles. The van der Waals surface area contributed by atoms with Gasteiger partial charge >= 0.3 is 0 Å². The Morgan fingerprint density at radius 3 is 2.43 bits per heavy atom. The largest absolute Gasteiger partial charge is 0.348 e. The van der Waals surface area contributed by atoms with Crippen LogP contribution in [0, 0.1) is 18.6 Å². The van der Waals surface area contributed by atoms with E-state index in [-0.39, 0.29) is 0 Å². The second-order valence-corrected chi connectivity index (χ2v) is 10.7. The van der Waals surface area contributed by atoms with Gasteiger partial charge in [-0.15, -0.1) is 11.3 Å². The van der Waals surface area contributed by atoms with Crippen molar-refractivity contribution in [3.8, 4) is 0 Å². The molecular weight excluding hydrogens is 426 g/mol. The van der Waals surface area contributed by atoms with Gasteiger partial charge in [0.2, 0.25) is 0 Å². The lowest BCUT2D eigenvalue weighted by atomic mass is 10.1. The van der Waals surface area contributed by atoms with Crippen LogP contribution in [0.1, 0.15) is 29.7 Å². The molecule has 0 atom stereocenters. The quantitative estimate of drug-likeness (QED) is 0.565. The number of piperidine rings is 1. The molecule has 0 bridgehead atoms. The normalized spacial score (nSPS) is 15.5. The van der Waals surface area contributed by atoms with Gasteiger partial charge in [-0.05, 0) is 49.6 Å². The SMILES string of the molecule is Cc1ccc(S(=O)(=O)C2CCN(c3nc(Cc4ccc(F)c(F)c4)cs3)CC2)cc1. The van der Waals surface area contributed by atoms with E-state index in [9.17, 15) is 17.2 Å². The van der Waals surface area contributed by atoms with Crippen molar-refractivity contribution in [1.82, 2.24) is 4.98 Å². The van der Waals surface area contributed by atoms with Crippen molar-refractivity contribution in [2.75, 3.05) is 18.0 Å². The van der Waals surface area contributed by atoms with Gasteiger partial charge in [-0.25, -0.2) is 22.2 Å². The Morgan fingerprint density at radius 1 is 1.07 bits per heavy atom. The van der Waals surface area contributed by atoms with Crippen LogP contribution in [0.25, 0.3) is 0 Å². The summed E-state index contributed by atoms with van der Waals surface area (Å²) in [4.78, 5) is 7.10. The third kappa shape index (κ3) is 4.39. The second kappa shape index (κ2) is 8.43. The van der Waals surface area contributed by atoms with E-state index in [1.165, 1.54) is 17.4 Å². The first-order chi connectivity index (χ1) is 14.3. The molecule has 158 valence electrons. The van der Waals surface area contributed by atoms with Crippen molar-refractivity contribution in [3.05, 3.63) is 76.3 Å². The summed E-state index contributed by atoms with van der Waals surface area (Å²) in [6, 6.07) is 10.9. The zero-order chi connectivity index (χ0) is 21.3. The summed E-state index contributed by atoms with van der Waals surface area (Å²) < 4.78 is 52.3. The number of anilines is 1. The Hall–Kier alpha value is -2.32. The van der Waals surface area contributed by atoms with Crippen LogP contribution in [0.5, 0.6) is 0 Å². The van der Waals surface area contributed by atoms with E-state index >= 15 is 0 Å². The first-order valence-electron chi connectivity index (χ1n) is 9.77. The predicted molar refractivity (Wildman–Crippen MR) is 115 cm³/mol. The fourth-order valence-corrected chi connectivity index (χ4v) is 6.27. The lowest BCUT2D eigenvalue weighted by molar-refractivity contribution is 0.507. The molecule has 1 saturated heterocycles. The van der Waals surface area contributed by atoms with E-state index in [1.807, 2.05) is 24.4 Å². The number of hydrogen-bond donors (Lipinski definition) is 0. The number of aryl methyl sites for hydroxylation is 1. The third-order valence-corrected chi connectivity index (χ3v) is 8.64. The van der Waals surface area contributed by atoms with Crippen molar-refractivity contribution < 1.29 is 17.2 Å². The minimum atomic E-state index is -3.34. The lowest BCUT2D eigenvalue weighted by Gasteiger charge is -2.31. The Labute approximate surface area is 179 Å². The lowest BCUT2D eigenvalue weighted by Crippen LogP contribution is -2.39.